The van der Waals surface area contributed by atoms with Crippen molar-refractivity contribution in [2.45, 2.75) is 45.2 Å². The number of Topliss-reactive ketones (excluding diaryl/α,β-unsaturated/α-hetero) is 1. The number of hydrogen-bond acceptors (Lipinski definition) is 6. The highest BCUT2D eigenvalue weighted by molar-refractivity contribution is 7.99. The van der Waals surface area contributed by atoms with E-state index >= 15 is 0 Å². The van der Waals surface area contributed by atoms with Crippen LogP contribution in [0.15, 0.2) is 35.5 Å². The van der Waals surface area contributed by atoms with Crippen molar-refractivity contribution in [3.05, 3.63) is 52.8 Å². The van der Waals surface area contributed by atoms with Crippen LogP contribution in [-0.2, 0) is 14.9 Å². The first-order valence-electron chi connectivity index (χ1n) is 8.39. The summed E-state index contributed by atoms with van der Waals surface area (Å²) >= 11 is 1.20. The Balaban J connectivity index is 1.84. The topological polar surface area (TPSA) is 69.2 Å². The SMILES string of the molecule is Cc1cc(C)nc(SCC(=O)OCC(=O)c2ccc(C(C)(C)C)cc2)n1. The van der Waals surface area contributed by atoms with E-state index in [0.29, 0.717) is 10.7 Å². The number of nitrogens with zero attached hydrogens (tertiary/aromatic N) is 2. The van der Waals surface area contributed by atoms with Crippen LogP contribution in [0.25, 0.3) is 0 Å². The van der Waals surface area contributed by atoms with Gasteiger partial charge in [-0.2, -0.15) is 0 Å². The fraction of sp³-hybridized carbons (Fsp3) is 0.400. The number of aromatic nitrogens is 2. The number of ether oxygens (including phenoxy) is 1. The molecular formula is C20H24N2O3S. The van der Waals surface area contributed by atoms with E-state index in [-0.39, 0.29) is 23.6 Å². The second-order valence-corrected chi connectivity index (χ2v) is 8.08. The highest BCUT2D eigenvalue weighted by Crippen LogP contribution is 2.22. The molecule has 0 saturated heterocycles. The predicted octanol–water partition coefficient (Wildman–Crippen LogP) is 3.91. The van der Waals surface area contributed by atoms with E-state index in [1.807, 2.05) is 32.0 Å². The van der Waals surface area contributed by atoms with Crippen LogP contribution in [0, 0.1) is 13.8 Å². The average Bonchev–Trinajstić information content (AvgIpc) is 2.56. The Labute approximate surface area is 158 Å². The molecule has 0 radical (unpaired) electrons. The number of carbonyl (C=O) groups excluding carboxylic acids is 2. The van der Waals surface area contributed by atoms with E-state index in [0.717, 1.165) is 17.0 Å². The Morgan fingerprint density at radius 2 is 1.62 bits per heavy atom. The predicted molar refractivity (Wildman–Crippen MR) is 103 cm³/mol. The van der Waals surface area contributed by atoms with E-state index in [1.165, 1.54) is 11.8 Å². The van der Waals surface area contributed by atoms with Gasteiger partial charge in [0, 0.05) is 17.0 Å². The number of benzene rings is 1. The molecule has 0 aliphatic carbocycles. The third kappa shape index (κ3) is 5.95. The largest absolute Gasteiger partial charge is 0.457 e. The molecule has 1 heterocycles. The van der Waals surface area contributed by atoms with E-state index < -0.39 is 5.97 Å². The minimum atomic E-state index is -0.461. The van der Waals surface area contributed by atoms with Gasteiger partial charge in [-0.1, -0.05) is 56.8 Å². The van der Waals surface area contributed by atoms with Gasteiger partial charge in [0.1, 0.15) is 0 Å². The van der Waals surface area contributed by atoms with Crippen molar-refractivity contribution in [2.75, 3.05) is 12.4 Å². The fourth-order valence-electron chi connectivity index (χ4n) is 2.31. The number of thioether (sulfide) groups is 1. The van der Waals surface area contributed by atoms with Crippen molar-refractivity contribution in [3.8, 4) is 0 Å². The molecule has 0 amide bonds. The Bertz CT molecular complexity index is 775. The Kier molecular flexibility index (Phi) is 6.53. The van der Waals surface area contributed by atoms with Crippen LogP contribution in [0.3, 0.4) is 0 Å². The number of hydrogen-bond donors (Lipinski definition) is 0. The molecule has 2 aromatic rings. The minimum Gasteiger partial charge on any atom is -0.457 e. The van der Waals surface area contributed by atoms with Gasteiger partial charge >= 0.3 is 5.97 Å². The lowest BCUT2D eigenvalue weighted by Gasteiger charge is -2.18. The average molecular weight is 372 g/mol. The number of esters is 1. The summed E-state index contributed by atoms with van der Waals surface area (Å²) in [7, 11) is 0. The first kappa shape index (κ1) is 20.1. The summed E-state index contributed by atoms with van der Waals surface area (Å²) in [5.74, 6) is -0.608. The maximum absolute atomic E-state index is 12.2. The molecule has 0 bridgehead atoms. The zero-order chi connectivity index (χ0) is 19.3. The van der Waals surface area contributed by atoms with Crippen LogP contribution in [0.2, 0.25) is 0 Å². The molecule has 6 heteroatoms. The molecule has 26 heavy (non-hydrogen) atoms. The van der Waals surface area contributed by atoms with Crippen LogP contribution in [0.4, 0.5) is 0 Å². The summed E-state index contributed by atoms with van der Waals surface area (Å²) in [6, 6.07) is 9.28. The zero-order valence-electron chi connectivity index (χ0n) is 15.8. The van der Waals surface area contributed by atoms with Crippen LogP contribution in [0.1, 0.15) is 48.1 Å². The summed E-state index contributed by atoms with van der Waals surface area (Å²) in [5.41, 5.74) is 3.41. The van der Waals surface area contributed by atoms with Gasteiger partial charge in [0.15, 0.2) is 17.5 Å². The van der Waals surface area contributed by atoms with Gasteiger partial charge in [-0.3, -0.25) is 9.59 Å². The van der Waals surface area contributed by atoms with Crippen LogP contribution < -0.4 is 0 Å². The number of aryl methyl sites for hydroxylation is 2. The quantitative estimate of drug-likeness (QED) is 0.331. The molecule has 0 aliphatic heterocycles. The Morgan fingerprint density at radius 3 is 2.15 bits per heavy atom. The molecule has 5 nitrogen and oxygen atoms in total. The monoisotopic (exact) mass is 372 g/mol. The van der Waals surface area contributed by atoms with Gasteiger partial charge in [0.25, 0.3) is 0 Å². The summed E-state index contributed by atoms with van der Waals surface area (Å²) < 4.78 is 5.07. The van der Waals surface area contributed by atoms with Crippen LogP contribution in [-0.4, -0.2) is 34.1 Å². The minimum absolute atomic E-state index is 0.0293. The fourth-order valence-corrected chi connectivity index (χ4v) is 3.06. The van der Waals surface area contributed by atoms with Crippen molar-refractivity contribution >= 4 is 23.5 Å². The third-order valence-corrected chi connectivity index (χ3v) is 4.54. The molecular weight excluding hydrogens is 348 g/mol. The van der Waals surface area contributed by atoms with Crippen molar-refractivity contribution < 1.29 is 14.3 Å². The molecule has 0 unspecified atom stereocenters. The lowest BCUT2D eigenvalue weighted by Crippen LogP contribution is -2.16. The van der Waals surface area contributed by atoms with Crippen molar-refractivity contribution in [2.24, 2.45) is 0 Å². The third-order valence-electron chi connectivity index (χ3n) is 3.72. The van der Waals surface area contributed by atoms with E-state index in [2.05, 4.69) is 30.7 Å². The van der Waals surface area contributed by atoms with E-state index in [4.69, 9.17) is 4.74 Å². The number of carbonyl (C=O) groups is 2. The number of rotatable bonds is 6. The Hall–Kier alpha value is -2.21. The normalized spacial score (nSPS) is 11.3. The second kappa shape index (κ2) is 8.45. The standard InChI is InChI=1S/C20H24N2O3S/c1-13-10-14(2)22-19(21-13)26-12-18(24)25-11-17(23)15-6-8-16(9-7-15)20(3,4)5/h6-10H,11-12H2,1-5H3. The lowest BCUT2D eigenvalue weighted by molar-refractivity contribution is -0.139. The van der Waals surface area contributed by atoms with Crippen molar-refractivity contribution in [1.29, 1.82) is 0 Å². The highest BCUT2D eigenvalue weighted by Gasteiger charge is 2.15. The summed E-state index contributed by atoms with van der Waals surface area (Å²) in [6.45, 7) is 9.83. The van der Waals surface area contributed by atoms with Crippen molar-refractivity contribution in [3.63, 3.8) is 0 Å². The first-order chi connectivity index (χ1) is 12.1. The molecule has 0 spiro atoms. The van der Waals surface area contributed by atoms with Gasteiger partial charge in [0.05, 0.1) is 5.75 Å². The zero-order valence-corrected chi connectivity index (χ0v) is 16.6. The number of ketones is 1. The molecule has 0 atom stereocenters. The van der Waals surface area contributed by atoms with Crippen molar-refractivity contribution in [1.82, 2.24) is 9.97 Å². The van der Waals surface area contributed by atoms with E-state index in [9.17, 15) is 9.59 Å². The summed E-state index contributed by atoms with van der Waals surface area (Å²) in [5, 5.41) is 0.531. The van der Waals surface area contributed by atoms with E-state index in [1.54, 1.807) is 12.1 Å². The van der Waals surface area contributed by atoms with Crippen LogP contribution in [0.5, 0.6) is 0 Å². The molecule has 0 fully saturated rings. The molecule has 0 aliphatic rings. The molecule has 2 rings (SSSR count). The van der Waals surface area contributed by atoms with Gasteiger partial charge in [-0.25, -0.2) is 9.97 Å². The van der Waals surface area contributed by atoms with Gasteiger partial charge in [0.2, 0.25) is 0 Å². The lowest BCUT2D eigenvalue weighted by atomic mass is 9.86. The van der Waals surface area contributed by atoms with Gasteiger partial charge < -0.3 is 4.74 Å². The smallest absolute Gasteiger partial charge is 0.316 e. The molecule has 0 saturated carbocycles. The van der Waals surface area contributed by atoms with Gasteiger partial charge in [-0.05, 0) is 30.9 Å². The molecule has 1 aromatic heterocycles. The molecule has 138 valence electrons. The maximum Gasteiger partial charge on any atom is 0.316 e. The highest BCUT2D eigenvalue weighted by atomic mass is 32.2. The molecule has 0 N–H and O–H groups in total. The second-order valence-electron chi connectivity index (χ2n) is 7.13. The summed E-state index contributed by atoms with van der Waals surface area (Å²) in [4.78, 5) is 32.5. The van der Waals surface area contributed by atoms with Crippen LogP contribution >= 0.6 is 11.8 Å². The first-order valence-corrected chi connectivity index (χ1v) is 9.38. The Morgan fingerprint density at radius 1 is 1.04 bits per heavy atom. The maximum atomic E-state index is 12.2. The summed E-state index contributed by atoms with van der Waals surface area (Å²) in [6.07, 6.45) is 0. The van der Waals surface area contributed by atoms with Gasteiger partial charge in [-0.15, -0.1) is 0 Å². The molecule has 1 aromatic carbocycles.